The Morgan fingerprint density at radius 2 is 2.21 bits per heavy atom. The maximum atomic E-state index is 12.3. The van der Waals surface area contributed by atoms with Crippen LogP contribution in [0.25, 0.3) is 0 Å². The van der Waals surface area contributed by atoms with Gasteiger partial charge in [0.25, 0.3) is 0 Å². The van der Waals surface area contributed by atoms with Gasteiger partial charge in [0.2, 0.25) is 18.3 Å². The number of amides is 1. The SMILES string of the molecule is O=C(OCSc1cc[n+](Nc2cccc(Cl)n2)cc1)C1=CCS[C@H]2CC(=O)N12. The van der Waals surface area contributed by atoms with Gasteiger partial charge < -0.3 is 4.74 Å². The quantitative estimate of drug-likeness (QED) is 0.187. The number of nitrogens with zero attached hydrogens (tertiary/aromatic N) is 3. The lowest BCUT2D eigenvalue weighted by Crippen LogP contribution is -2.53. The fourth-order valence-corrected chi connectivity index (χ4v) is 4.64. The summed E-state index contributed by atoms with van der Waals surface area (Å²) in [5, 5.41) is 0.497. The summed E-state index contributed by atoms with van der Waals surface area (Å²) in [6, 6.07) is 9.11. The third-order valence-electron chi connectivity index (χ3n) is 4.11. The maximum Gasteiger partial charge on any atom is 0.355 e. The lowest BCUT2D eigenvalue weighted by molar-refractivity contribution is -0.643. The van der Waals surface area contributed by atoms with Crippen LogP contribution in [0, 0.1) is 0 Å². The molecular weight excluding hydrogens is 420 g/mol. The Bertz CT molecular complexity index is 939. The highest BCUT2D eigenvalue weighted by Gasteiger charge is 2.43. The Hall–Kier alpha value is -2.23. The number of thioether (sulfide) groups is 2. The molecule has 28 heavy (non-hydrogen) atoms. The number of carbonyl (C=O) groups excluding carboxylic acids is 2. The van der Waals surface area contributed by atoms with E-state index in [2.05, 4.69) is 10.4 Å². The molecule has 0 aromatic carbocycles. The number of esters is 1. The van der Waals surface area contributed by atoms with Gasteiger partial charge in [-0.15, -0.1) is 17.2 Å². The van der Waals surface area contributed by atoms with E-state index < -0.39 is 5.97 Å². The molecular formula is C18H16ClN4O3S2+. The lowest BCUT2D eigenvalue weighted by atomic mass is 10.1. The van der Waals surface area contributed by atoms with Crippen LogP contribution in [0.2, 0.25) is 5.15 Å². The van der Waals surface area contributed by atoms with Crippen molar-refractivity contribution in [3.05, 3.63) is 59.7 Å². The highest BCUT2D eigenvalue weighted by molar-refractivity contribution is 8.00. The summed E-state index contributed by atoms with van der Waals surface area (Å²) >= 11 is 8.92. The van der Waals surface area contributed by atoms with Crippen LogP contribution in [0.3, 0.4) is 0 Å². The molecule has 2 aromatic heterocycles. The zero-order chi connectivity index (χ0) is 19.5. The summed E-state index contributed by atoms with van der Waals surface area (Å²) in [5.41, 5.74) is 3.45. The predicted octanol–water partition coefficient (Wildman–Crippen LogP) is 2.68. The van der Waals surface area contributed by atoms with Crippen molar-refractivity contribution in [3.8, 4) is 0 Å². The van der Waals surface area contributed by atoms with Crippen molar-refractivity contribution in [2.45, 2.75) is 16.7 Å². The molecule has 1 N–H and O–H groups in total. The average Bonchev–Trinajstić information content (AvgIpc) is 2.68. The number of aromatic nitrogens is 2. The molecule has 0 unspecified atom stereocenters. The second-order valence-corrected chi connectivity index (χ2v) is 8.53. The molecule has 1 amide bonds. The highest BCUT2D eigenvalue weighted by Crippen LogP contribution is 2.37. The fraction of sp³-hybridized carbons (Fsp3) is 0.222. The number of rotatable bonds is 6. The molecule has 2 aromatic rings. The summed E-state index contributed by atoms with van der Waals surface area (Å²) < 4.78 is 7.08. The zero-order valence-corrected chi connectivity index (χ0v) is 17.0. The topological polar surface area (TPSA) is 75.4 Å². The second-order valence-electron chi connectivity index (χ2n) is 5.94. The number of ether oxygens (including phenoxy) is 1. The number of β-lactam (4-membered cyclic amide) rings is 1. The molecule has 7 nitrogen and oxygen atoms in total. The monoisotopic (exact) mass is 435 g/mol. The lowest BCUT2D eigenvalue weighted by Gasteiger charge is -2.42. The van der Waals surface area contributed by atoms with Gasteiger partial charge in [0.1, 0.15) is 16.8 Å². The minimum absolute atomic E-state index is 0.0256. The molecule has 10 heteroatoms. The van der Waals surface area contributed by atoms with Crippen LogP contribution in [0.15, 0.2) is 59.4 Å². The number of halogens is 1. The molecule has 1 fully saturated rings. The van der Waals surface area contributed by atoms with E-state index in [1.165, 1.54) is 16.7 Å². The zero-order valence-electron chi connectivity index (χ0n) is 14.6. The smallest absolute Gasteiger partial charge is 0.355 e. The molecule has 0 aliphatic carbocycles. The minimum Gasteiger partial charge on any atom is -0.450 e. The minimum atomic E-state index is -0.453. The summed E-state index contributed by atoms with van der Waals surface area (Å²) in [5.74, 6) is 1.04. The van der Waals surface area contributed by atoms with Gasteiger partial charge in [-0.05, 0) is 18.2 Å². The number of carbonyl (C=O) groups is 2. The van der Waals surface area contributed by atoms with E-state index in [0.717, 1.165) is 10.6 Å². The molecule has 0 bridgehead atoms. The van der Waals surface area contributed by atoms with Gasteiger partial charge in [0, 0.05) is 22.8 Å². The first-order chi connectivity index (χ1) is 13.6. The van der Waals surface area contributed by atoms with Crippen molar-refractivity contribution in [2.75, 3.05) is 17.1 Å². The molecule has 2 aliphatic heterocycles. The standard InChI is InChI=1S/C18H16ClN4O3S2/c19-14-2-1-3-15(20-14)21-22-7-4-12(5-8-22)28-11-26-18(25)13-6-9-27-17-10-16(24)23(13)17/h1-8,17H,9-11H2,(H,20,21)/q+1/t17-/m0/s1. The summed E-state index contributed by atoms with van der Waals surface area (Å²) in [7, 11) is 0. The van der Waals surface area contributed by atoms with Crippen LogP contribution in [0.4, 0.5) is 5.82 Å². The van der Waals surface area contributed by atoms with Gasteiger partial charge in [0.15, 0.2) is 5.82 Å². The van der Waals surface area contributed by atoms with E-state index in [-0.39, 0.29) is 17.2 Å². The van der Waals surface area contributed by atoms with Crippen molar-refractivity contribution in [1.29, 1.82) is 0 Å². The van der Waals surface area contributed by atoms with Crippen LogP contribution in [-0.2, 0) is 14.3 Å². The molecule has 0 radical (unpaired) electrons. The van der Waals surface area contributed by atoms with Crippen LogP contribution in [0.1, 0.15) is 6.42 Å². The van der Waals surface area contributed by atoms with Gasteiger partial charge in [-0.25, -0.2) is 9.78 Å². The number of fused-ring (bicyclic) bond motifs is 1. The van der Waals surface area contributed by atoms with E-state index in [9.17, 15) is 9.59 Å². The Morgan fingerprint density at radius 1 is 1.39 bits per heavy atom. The first-order valence-electron chi connectivity index (χ1n) is 8.45. The van der Waals surface area contributed by atoms with Crippen LogP contribution >= 0.6 is 35.1 Å². The second kappa shape index (κ2) is 8.42. The van der Waals surface area contributed by atoms with Crippen molar-refractivity contribution in [2.24, 2.45) is 0 Å². The van der Waals surface area contributed by atoms with Crippen LogP contribution < -0.4 is 10.1 Å². The highest BCUT2D eigenvalue weighted by atomic mass is 35.5. The molecule has 2 aliphatic rings. The molecule has 1 saturated heterocycles. The van der Waals surface area contributed by atoms with Gasteiger partial charge in [-0.1, -0.05) is 34.1 Å². The molecule has 144 valence electrons. The van der Waals surface area contributed by atoms with Crippen molar-refractivity contribution in [1.82, 2.24) is 9.88 Å². The van der Waals surface area contributed by atoms with Crippen LogP contribution in [-0.4, -0.2) is 38.8 Å². The van der Waals surface area contributed by atoms with E-state index in [1.54, 1.807) is 28.6 Å². The maximum absolute atomic E-state index is 12.3. The normalized spacial score (nSPS) is 18.0. The summed E-state index contributed by atoms with van der Waals surface area (Å²) in [6.45, 7) is 0. The predicted molar refractivity (Wildman–Crippen MR) is 108 cm³/mol. The van der Waals surface area contributed by atoms with E-state index in [4.69, 9.17) is 16.3 Å². The summed E-state index contributed by atoms with van der Waals surface area (Å²) in [6.07, 6.45) is 5.91. The van der Waals surface area contributed by atoms with Crippen molar-refractivity contribution in [3.63, 3.8) is 0 Å². The summed E-state index contributed by atoms with van der Waals surface area (Å²) in [4.78, 5) is 30.6. The molecule has 0 saturated carbocycles. The van der Waals surface area contributed by atoms with Crippen molar-refractivity contribution < 1.29 is 19.0 Å². The first-order valence-corrected chi connectivity index (χ1v) is 10.9. The number of hydrogen-bond donors (Lipinski definition) is 1. The average molecular weight is 436 g/mol. The fourth-order valence-electron chi connectivity index (χ4n) is 2.74. The van der Waals surface area contributed by atoms with Gasteiger partial charge >= 0.3 is 5.97 Å². The van der Waals surface area contributed by atoms with E-state index in [1.807, 2.05) is 36.7 Å². The molecule has 4 heterocycles. The molecule has 4 rings (SSSR count). The molecule has 0 spiro atoms. The van der Waals surface area contributed by atoms with E-state index >= 15 is 0 Å². The number of pyridine rings is 2. The number of hydrogen-bond acceptors (Lipinski definition) is 7. The number of anilines is 1. The Balaban J connectivity index is 1.28. The van der Waals surface area contributed by atoms with Crippen LogP contribution in [0.5, 0.6) is 0 Å². The molecule has 1 atom stereocenters. The Morgan fingerprint density at radius 3 is 2.96 bits per heavy atom. The van der Waals surface area contributed by atoms with E-state index in [0.29, 0.717) is 23.1 Å². The Kier molecular flexibility index (Phi) is 5.74. The Labute approximate surface area is 175 Å². The van der Waals surface area contributed by atoms with Gasteiger partial charge in [-0.2, -0.15) is 0 Å². The van der Waals surface area contributed by atoms with Crippen molar-refractivity contribution >= 4 is 52.8 Å². The van der Waals surface area contributed by atoms with Gasteiger partial charge in [-0.3, -0.25) is 9.69 Å². The number of nitrogens with one attached hydrogen (secondary N) is 1. The largest absolute Gasteiger partial charge is 0.450 e. The third-order valence-corrected chi connectivity index (χ3v) is 6.29. The van der Waals surface area contributed by atoms with Gasteiger partial charge in [0.05, 0.1) is 11.8 Å². The first kappa shape index (κ1) is 19.1. The third kappa shape index (κ3) is 4.26.